The maximum absolute atomic E-state index is 12.0. The van der Waals surface area contributed by atoms with Gasteiger partial charge in [-0.2, -0.15) is 5.10 Å². The van der Waals surface area contributed by atoms with E-state index in [9.17, 15) is 19.7 Å². The summed E-state index contributed by atoms with van der Waals surface area (Å²) in [6.45, 7) is 0. The van der Waals surface area contributed by atoms with E-state index in [1.165, 1.54) is 36.2 Å². The first-order valence-corrected chi connectivity index (χ1v) is 9.63. The van der Waals surface area contributed by atoms with Gasteiger partial charge in [0.05, 0.1) is 28.1 Å². The average Bonchev–Trinajstić information content (AvgIpc) is 3.21. The van der Waals surface area contributed by atoms with Crippen LogP contribution >= 0.6 is 11.8 Å². The minimum absolute atomic E-state index is 0.00899. The van der Waals surface area contributed by atoms with Gasteiger partial charge in [-0.1, -0.05) is 6.07 Å². The minimum Gasteiger partial charge on any atom is -0.478 e. The zero-order valence-electron chi connectivity index (χ0n) is 15.5. The van der Waals surface area contributed by atoms with E-state index in [1.54, 1.807) is 53.2 Å². The fraction of sp³-hybridized carbons (Fsp3) is 0.0500. The smallest absolute Gasteiger partial charge is 0.335 e. The van der Waals surface area contributed by atoms with Crippen molar-refractivity contribution in [2.24, 2.45) is 5.10 Å². The number of nitro benzene ring substituents is 1. The predicted octanol–water partition coefficient (Wildman–Crippen LogP) is 3.33. The number of nitrogens with one attached hydrogen (secondary N) is 1. The van der Waals surface area contributed by atoms with Gasteiger partial charge in [0.2, 0.25) is 5.91 Å². The van der Waals surface area contributed by atoms with Gasteiger partial charge in [-0.25, -0.2) is 10.2 Å². The van der Waals surface area contributed by atoms with Crippen LogP contribution in [-0.2, 0) is 4.79 Å². The maximum atomic E-state index is 12.0. The first-order chi connectivity index (χ1) is 14.4. The Bertz CT molecular complexity index is 1110. The number of nitro groups is 1. The third-order valence-corrected chi connectivity index (χ3v) is 4.97. The molecule has 2 aromatic carbocycles. The number of hydrogen-bond donors (Lipinski definition) is 2. The van der Waals surface area contributed by atoms with Crippen molar-refractivity contribution in [2.75, 3.05) is 5.75 Å². The molecule has 1 aromatic heterocycles. The van der Waals surface area contributed by atoms with Gasteiger partial charge in [0.25, 0.3) is 5.69 Å². The lowest BCUT2D eigenvalue weighted by Crippen LogP contribution is -2.19. The molecule has 0 bridgehead atoms. The fourth-order valence-electron chi connectivity index (χ4n) is 2.54. The summed E-state index contributed by atoms with van der Waals surface area (Å²) in [7, 11) is 0. The second-order valence-electron chi connectivity index (χ2n) is 5.99. The summed E-state index contributed by atoms with van der Waals surface area (Å²) in [5, 5.41) is 23.7. The normalized spacial score (nSPS) is 10.8. The SMILES string of the molecule is O=C(CSc1ccc([N+](=O)[O-])cc1)N/N=C\c1cccn1-c1cccc(C(=O)O)c1. The molecule has 0 unspecified atom stereocenters. The van der Waals surface area contributed by atoms with Gasteiger partial charge in [-0.15, -0.1) is 11.8 Å². The van der Waals surface area contributed by atoms with Crippen molar-refractivity contribution in [3.8, 4) is 5.69 Å². The molecule has 1 heterocycles. The largest absolute Gasteiger partial charge is 0.478 e. The lowest BCUT2D eigenvalue weighted by atomic mass is 10.2. The van der Waals surface area contributed by atoms with Crippen LogP contribution in [0.3, 0.4) is 0 Å². The molecule has 0 saturated heterocycles. The van der Waals surface area contributed by atoms with Gasteiger partial charge in [-0.05, 0) is 42.5 Å². The van der Waals surface area contributed by atoms with E-state index in [1.807, 2.05) is 0 Å². The molecule has 9 nitrogen and oxygen atoms in total. The van der Waals surface area contributed by atoms with Crippen molar-refractivity contribution < 1.29 is 19.6 Å². The molecule has 10 heteroatoms. The number of amides is 1. The molecule has 152 valence electrons. The number of rotatable bonds is 8. The molecular formula is C20H16N4O5S. The summed E-state index contributed by atoms with van der Waals surface area (Å²) in [4.78, 5) is 34.0. The number of thioether (sulfide) groups is 1. The Kier molecular flexibility index (Phi) is 6.60. The van der Waals surface area contributed by atoms with Crippen LogP contribution in [0, 0.1) is 10.1 Å². The molecule has 3 rings (SSSR count). The van der Waals surface area contributed by atoms with Crippen LogP contribution in [-0.4, -0.2) is 38.4 Å². The number of benzene rings is 2. The number of carboxylic acid groups (broad SMARTS) is 1. The summed E-state index contributed by atoms with van der Waals surface area (Å²) in [5.41, 5.74) is 3.89. The number of carbonyl (C=O) groups excluding carboxylic acids is 1. The number of hydrogen-bond acceptors (Lipinski definition) is 6. The van der Waals surface area contributed by atoms with Crippen LogP contribution in [0.5, 0.6) is 0 Å². The molecule has 0 aliphatic rings. The molecule has 0 saturated carbocycles. The Hall–Kier alpha value is -3.92. The van der Waals surface area contributed by atoms with Crippen molar-refractivity contribution >= 4 is 35.5 Å². The number of carbonyl (C=O) groups is 2. The van der Waals surface area contributed by atoms with E-state index < -0.39 is 10.9 Å². The van der Waals surface area contributed by atoms with Crippen LogP contribution in [0.2, 0.25) is 0 Å². The van der Waals surface area contributed by atoms with Crippen molar-refractivity contribution in [3.63, 3.8) is 0 Å². The van der Waals surface area contributed by atoms with Crippen molar-refractivity contribution in [1.29, 1.82) is 0 Å². The Labute approximate surface area is 175 Å². The minimum atomic E-state index is -1.02. The highest BCUT2D eigenvalue weighted by molar-refractivity contribution is 8.00. The van der Waals surface area contributed by atoms with E-state index in [0.717, 1.165) is 4.90 Å². The summed E-state index contributed by atoms with van der Waals surface area (Å²) < 4.78 is 1.74. The number of hydrazone groups is 1. The lowest BCUT2D eigenvalue weighted by molar-refractivity contribution is -0.384. The van der Waals surface area contributed by atoms with Gasteiger partial charge in [0.1, 0.15) is 0 Å². The number of aromatic carboxylic acids is 1. The van der Waals surface area contributed by atoms with Crippen molar-refractivity contribution in [1.82, 2.24) is 9.99 Å². The molecule has 0 fully saturated rings. The van der Waals surface area contributed by atoms with Crippen LogP contribution in [0.4, 0.5) is 5.69 Å². The molecule has 3 aromatic rings. The molecule has 1 amide bonds. The topological polar surface area (TPSA) is 127 Å². The van der Waals surface area contributed by atoms with Crippen LogP contribution < -0.4 is 5.43 Å². The molecule has 0 aliphatic carbocycles. The van der Waals surface area contributed by atoms with Crippen LogP contribution in [0.1, 0.15) is 16.1 Å². The molecule has 0 atom stereocenters. The van der Waals surface area contributed by atoms with Crippen molar-refractivity contribution in [2.45, 2.75) is 4.90 Å². The Morgan fingerprint density at radius 1 is 1.17 bits per heavy atom. The summed E-state index contributed by atoms with van der Waals surface area (Å²) in [6, 6.07) is 15.9. The summed E-state index contributed by atoms with van der Waals surface area (Å²) >= 11 is 1.23. The highest BCUT2D eigenvalue weighted by atomic mass is 32.2. The van der Waals surface area contributed by atoms with E-state index in [0.29, 0.717) is 11.4 Å². The molecule has 2 N–H and O–H groups in total. The Morgan fingerprint density at radius 2 is 1.93 bits per heavy atom. The Morgan fingerprint density at radius 3 is 2.63 bits per heavy atom. The zero-order valence-corrected chi connectivity index (χ0v) is 16.3. The van der Waals surface area contributed by atoms with E-state index in [-0.39, 0.29) is 22.9 Å². The van der Waals surface area contributed by atoms with Gasteiger partial charge in [-0.3, -0.25) is 14.9 Å². The number of nitrogens with zero attached hydrogens (tertiary/aromatic N) is 3. The fourth-order valence-corrected chi connectivity index (χ4v) is 3.23. The predicted molar refractivity (Wildman–Crippen MR) is 112 cm³/mol. The van der Waals surface area contributed by atoms with E-state index >= 15 is 0 Å². The first kappa shape index (κ1) is 20.8. The zero-order chi connectivity index (χ0) is 21.5. The summed E-state index contributed by atoms with van der Waals surface area (Å²) in [5.74, 6) is -1.26. The van der Waals surface area contributed by atoms with Gasteiger partial charge in [0.15, 0.2) is 0 Å². The first-order valence-electron chi connectivity index (χ1n) is 8.64. The number of aromatic nitrogens is 1. The van der Waals surface area contributed by atoms with Crippen LogP contribution in [0.15, 0.2) is 76.9 Å². The van der Waals surface area contributed by atoms with E-state index in [4.69, 9.17) is 5.11 Å². The van der Waals surface area contributed by atoms with Gasteiger partial charge in [0, 0.05) is 28.9 Å². The number of carboxylic acids is 1. The maximum Gasteiger partial charge on any atom is 0.335 e. The Balaban J connectivity index is 1.58. The third kappa shape index (κ3) is 5.32. The second kappa shape index (κ2) is 9.52. The highest BCUT2D eigenvalue weighted by Crippen LogP contribution is 2.21. The molecule has 0 aliphatic heterocycles. The number of non-ortho nitro benzene ring substituents is 1. The summed E-state index contributed by atoms with van der Waals surface area (Å²) in [6.07, 6.45) is 3.22. The molecule has 0 radical (unpaired) electrons. The third-order valence-electron chi connectivity index (χ3n) is 3.96. The van der Waals surface area contributed by atoms with Crippen LogP contribution in [0.25, 0.3) is 5.69 Å². The quantitative estimate of drug-likeness (QED) is 0.247. The van der Waals surface area contributed by atoms with Crippen molar-refractivity contribution in [3.05, 3.63) is 88.2 Å². The molecule has 30 heavy (non-hydrogen) atoms. The van der Waals surface area contributed by atoms with E-state index in [2.05, 4.69) is 10.5 Å². The lowest BCUT2D eigenvalue weighted by Gasteiger charge is -2.07. The molecule has 0 spiro atoms. The second-order valence-corrected chi connectivity index (χ2v) is 7.04. The average molecular weight is 424 g/mol. The highest BCUT2D eigenvalue weighted by Gasteiger charge is 2.08. The molecular weight excluding hydrogens is 408 g/mol. The van der Waals surface area contributed by atoms with Gasteiger partial charge < -0.3 is 9.67 Å². The standard InChI is InChI=1S/C20H16N4O5S/c25-19(13-30-18-8-6-15(7-9-18)24(28)29)22-21-12-17-5-2-10-23(17)16-4-1-3-14(11-16)20(26)27/h1-12H,13H2,(H,22,25)(H,26,27)/b21-12-. The van der Waals surface area contributed by atoms with Gasteiger partial charge >= 0.3 is 5.97 Å². The monoisotopic (exact) mass is 424 g/mol.